The Labute approximate surface area is 125 Å². The molecule has 0 radical (unpaired) electrons. The van der Waals surface area contributed by atoms with Crippen molar-refractivity contribution in [1.29, 1.82) is 0 Å². The Morgan fingerprint density at radius 1 is 1.20 bits per heavy atom. The molecule has 0 saturated carbocycles. The summed E-state index contributed by atoms with van der Waals surface area (Å²) in [6.45, 7) is 2.12. The fraction of sp³-hybridized carbons (Fsp3) is 0.143. The van der Waals surface area contributed by atoms with Crippen LogP contribution in [0.25, 0.3) is 0 Å². The van der Waals surface area contributed by atoms with E-state index in [9.17, 15) is 9.59 Å². The number of hydrogen-bond donors (Lipinski definition) is 2. The molecule has 2 amide bonds. The molecule has 6 heteroatoms. The molecule has 0 saturated heterocycles. The minimum atomic E-state index is -0.702. The van der Waals surface area contributed by atoms with Crippen LogP contribution in [0.3, 0.4) is 0 Å². The van der Waals surface area contributed by atoms with Crippen molar-refractivity contribution in [3.05, 3.63) is 51.2 Å². The van der Waals surface area contributed by atoms with E-state index < -0.39 is 11.8 Å². The van der Waals surface area contributed by atoms with Gasteiger partial charge in [0.05, 0.1) is 6.54 Å². The van der Waals surface area contributed by atoms with Crippen LogP contribution in [0, 0.1) is 6.92 Å². The van der Waals surface area contributed by atoms with Crippen molar-refractivity contribution in [2.24, 2.45) is 0 Å². The van der Waals surface area contributed by atoms with Gasteiger partial charge in [-0.25, -0.2) is 0 Å². The third-order valence-corrected chi connectivity index (χ3v) is 4.01. The second-order valence-electron chi connectivity index (χ2n) is 4.13. The second-order valence-corrected chi connectivity index (χ2v) is 5.57. The SMILES string of the molecule is Cc1c(Cl)cccc1NC(=O)C(=O)NCc1cccs1. The monoisotopic (exact) mass is 308 g/mol. The summed E-state index contributed by atoms with van der Waals surface area (Å²) in [5.41, 5.74) is 1.27. The summed E-state index contributed by atoms with van der Waals surface area (Å²) < 4.78 is 0. The molecule has 104 valence electrons. The molecule has 0 bridgehead atoms. The quantitative estimate of drug-likeness (QED) is 0.857. The number of rotatable bonds is 3. The van der Waals surface area contributed by atoms with Gasteiger partial charge in [-0.2, -0.15) is 0 Å². The Morgan fingerprint density at radius 2 is 2.00 bits per heavy atom. The number of amides is 2. The molecule has 0 spiro atoms. The lowest BCUT2D eigenvalue weighted by molar-refractivity contribution is -0.136. The second kappa shape index (κ2) is 6.54. The van der Waals surface area contributed by atoms with Gasteiger partial charge in [0.25, 0.3) is 0 Å². The van der Waals surface area contributed by atoms with E-state index >= 15 is 0 Å². The molecule has 0 atom stereocenters. The van der Waals surface area contributed by atoms with Gasteiger partial charge in [0.2, 0.25) is 0 Å². The van der Waals surface area contributed by atoms with Gasteiger partial charge in [0, 0.05) is 15.6 Å². The summed E-state index contributed by atoms with van der Waals surface area (Å²) in [5.74, 6) is -1.37. The minimum absolute atomic E-state index is 0.346. The molecule has 1 aromatic heterocycles. The summed E-state index contributed by atoms with van der Waals surface area (Å²) in [6, 6.07) is 8.93. The van der Waals surface area contributed by atoms with E-state index in [1.54, 1.807) is 25.1 Å². The zero-order valence-corrected chi connectivity index (χ0v) is 12.3. The molecular formula is C14H13ClN2O2S. The fourth-order valence-corrected chi connectivity index (χ4v) is 2.40. The normalized spacial score (nSPS) is 10.1. The van der Waals surface area contributed by atoms with Crippen molar-refractivity contribution in [3.63, 3.8) is 0 Å². The average molecular weight is 309 g/mol. The number of nitrogens with one attached hydrogen (secondary N) is 2. The van der Waals surface area contributed by atoms with Crippen LogP contribution in [-0.2, 0) is 16.1 Å². The van der Waals surface area contributed by atoms with Crippen LogP contribution in [-0.4, -0.2) is 11.8 Å². The van der Waals surface area contributed by atoms with Gasteiger partial charge in [0.1, 0.15) is 0 Å². The van der Waals surface area contributed by atoms with E-state index in [1.165, 1.54) is 11.3 Å². The predicted molar refractivity (Wildman–Crippen MR) is 81.0 cm³/mol. The van der Waals surface area contributed by atoms with Crippen LogP contribution in [0.1, 0.15) is 10.4 Å². The molecule has 0 aliphatic carbocycles. The first-order valence-electron chi connectivity index (χ1n) is 5.94. The van der Waals surface area contributed by atoms with Crippen LogP contribution in [0.5, 0.6) is 0 Å². The number of thiophene rings is 1. The van der Waals surface area contributed by atoms with E-state index in [-0.39, 0.29) is 0 Å². The number of hydrogen-bond acceptors (Lipinski definition) is 3. The lowest BCUT2D eigenvalue weighted by Gasteiger charge is -2.09. The van der Waals surface area contributed by atoms with Crippen LogP contribution in [0.2, 0.25) is 5.02 Å². The molecule has 2 aromatic rings. The first-order valence-corrected chi connectivity index (χ1v) is 7.20. The molecule has 0 fully saturated rings. The van der Waals surface area contributed by atoms with Gasteiger partial charge in [-0.05, 0) is 36.1 Å². The molecule has 0 aliphatic heterocycles. The molecule has 0 unspecified atom stereocenters. The Bertz CT molecular complexity index is 626. The zero-order chi connectivity index (χ0) is 14.5. The van der Waals surface area contributed by atoms with Crippen molar-refractivity contribution in [1.82, 2.24) is 5.32 Å². The highest BCUT2D eigenvalue weighted by molar-refractivity contribution is 7.09. The summed E-state index contributed by atoms with van der Waals surface area (Å²) >= 11 is 7.48. The Kier molecular flexibility index (Phi) is 4.76. The van der Waals surface area contributed by atoms with E-state index in [1.807, 2.05) is 17.5 Å². The van der Waals surface area contributed by atoms with E-state index in [0.29, 0.717) is 17.3 Å². The van der Waals surface area contributed by atoms with E-state index in [4.69, 9.17) is 11.6 Å². The summed E-state index contributed by atoms with van der Waals surface area (Å²) in [5, 5.41) is 7.57. The highest BCUT2D eigenvalue weighted by Crippen LogP contribution is 2.22. The van der Waals surface area contributed by atoms with Gasteiger partial charge in [-0.1, -0.05) is 23.7 Å². The standard InChI is InChI=1S/C14H13ClN2O2S/c1-9-11(15)5-2-6-12(9)17-14(19)13(18)16-8-10-4-3-7-20-10/h2-7H,8H2,1H3,(H,16,18)(H,17,19). The van der Waals surface area contributed by atoms with Crippen molar-refractivity contribution >= 4 is 40.4 Å². The molecule has 1 heterocycles. The fourth-order valence-electron chi connectivity index (χ4n) is 1.58. The number of halogens is 1. The summed E-state index contributed by atoms with van der Waals surface area (Å²) in [7, 11) is 0. The van der Waals surface area contributed by atoms with Crippen LogP contribution < -0.4 is 10.6 Å². The maximum atomic E-state index is 11.8. The zero-order valence-electron chi connectivity index (χ0n) is 10.8. The first kappa shape index (κ1) is 14.6. The molecule has 0 aliphatic rings. The van der Waals surface area contributed by atoms with Crippen LogP contribution in [0.4, 0.5) is 5.69 Å². The van der Waals surface area contributed by atoms with Gasteiger partial charge >= 0.3 is 11.8 Å². The van der Waals surface area contributed by atoms with Gasteiger partial charge < -0.3 is 10.6 Å². The smallest absolute Gasteiger partial charge is 0.313 e. The number of carbonyl (C=O) groups is 2. The van der Waals surface area contributed by atoms with Gasteiger partial charge in [0.15, 0.2) is 0 Å². The lowest BCUT2D eigenvalue weighted by atomic mass is 10.2. The van der Waals surface area contributed by atoms with Crippen LogP contribution in [0.15, 0.2) is 35.7 Å². The average Bonchev–Trinajstić information content (AvgIpc) is 2.94. The molecule has 4 nitrogen and oxygen atoms in total. The molecular weight excluding hydrogens is 296 g/mol. The summed E-state index contributed by atoms with van der Waals surface area (Å²) in [4.78, 5) is 24.5. The lowest BCUT2D eigenvalue weighted by Crippen LogP contribution is -2.34. The highest BCUT2D eigenvalue weighted by atomic mass is 35.5. The largest absolute Gasteiger partial charge is 0.343 e. The number of benzene rings is 1. The first-order chi connectivity index (χ1) is 9.58. The third-order valence-electron chi connectivity index (χ3n) is 2.73. The maximum absolute atomic E-state index is 11.8. The molecule has 1 aromatic carbocycles. The van der Waals surface area contributed by atoms with Crippen molar-refractivity contribution in [2.45, 2.75) is 13.5 Å². The van der Waals surface area contributed by atoms with Gasteiger partial charge in [-0.15, -0.1) is 11.3 Å². The maximum Gasteiger partial charge on any atom is 0.313 e. The molecule has 2 N–H and O–H groups in total. The Morgan fingerprint density at radius 3 is 2.70 bits per heavy atom. The minimum Gasteiger partial charge on any atom is -0.343 e. The predicted octanol–water partition coefficient (Wildman–Crippen LogP) is 2.96. The van der Waals surface area contributed by atoms with Crippen molar-refractivity contribution < 1.29 is 9.59 Å². The highest BCUT2D eigenvalue weighted by Gasteiger charge is 2.15. The number of carbonyl (C=O) groups excluding carboxylic acids is 2. The van der Waals surface area contributed by atoms with E-state index in [2.05, 4.69) is 10.6 Å². The Hall–Kier alpha value is -1.85. The topological polar surface area (TPSA) is 58.2 Å². The Balaban J connectivity index is 1.94. The van der Waals surface area contributed by atoms with Crippen molar-refractivity contribution in [3.8, 4) is 0 Å². The molecule has 2 rings (SSSR count). The number of anilines is 1. The third kappa shape index (κ3) is 3.59. The molecule has 20 heavy (non-hydrogen) atoms. The van der Waals surface area contributed by atoms with E-state index in [0.717, 1.165) is 10.4 Å². The van der Waals surface area contributed by atoms with Crippen molar-refractivity contribution in [2.75, 3.05) is 5.32 Å². The van der Waals surface area contributed by atoms with Gasteiger partial charge in [-0.3, -0.25) is 9.59 Å². The summed E-state index contributed by atoms with van der Waals surface area (Å²) in [6.07, 6.45) is 0. The van der Waals surface area contributed by atoms with Crippen LogP contribution >= 0.6 is 22.9 Å².